The van der Waals surface area contributed by atoms with Crippen LogP contribution in [0, 0.1) is 0 Å². The number of rotatable bonds is 6. The number of hydrogen-bond donors (Lipinski definition) is 0. The first-order chi connectivity index (χ1) is 14.5. The van der Waals surface area contributed by atoms with Crippen LogP contribution in [0.5, 0.6) is 0 Å². The average molecular weight is 445 g/mol. The van der Waals surface area contributed by atoms with E-state index in [0.29, 0.717) is 17.6 Å². The van der Waals surface area contributed by atoms with Crippen LogP contribution in [0.3, 0.4) is 0 Å². The molecular formula is C21H24N4O5S. The van der Waals surface area contributed by atoms with E-state index in [9.17, 15) is 22.8 Å². The van der Waals surface area contributed by atoms with E-state index in [4.69, 9.17) is 0 Å². The van der Waals surface area contributed by atoms with E-state index >= 15 is 0 Å². The summed E-state index contributed by atoms with van der Waals surface area (Å²) in [6.07, 6.45) is 0. The van der Waals surface area contributed by atoms with Crippen LogP contribution in [-0.2, 0) is 35.5 Å². The molecule has 0 fully saturated rings. The number of carbonyl (C=O) groups excluding carboxylic acids is 1. The predicted molar refractivity (Wildman–Crippen MR) is 117 cm³/mol. The molecule has 31 heavy (non-hydrogen) atoms. The van der Waals surface area contributed by atoms with Crippen molar-refractivity contribution < 1.29 is 13.2 Å². The van der Waals surface area contributed by atoms with Crippen LogP contribution in [0.1, 0.15) is 5.56 Å². The Balaban J connectivity index is 1.87. The number of aromatic nitrogens is 2. The number of aryl methyl sites for hydroxylation is 2. The SMILES string of the molecule is CN(Cc1ccccc1)C(=O)CN(C)S(=O)(=O)c1ccc2c(c1)n(C)c(=O)c(=O)n2C. The molecule has 3 rings (SSSR count). The standard InChI is InChI=1S/C21H24N4O5S/c1-22(13-15-8-6-5-7-9-15)19(26)14-23(2)31(29,30)16-10-11-17-18(12-16)25(4)21(28)20(27)24(17)3/h5-12H,13-14H2,1-4H3. The lowest BCUT2D eigenvalue weighted by atomic mass is 10.2. The van der Waals surface area contributed by atoms with Crippen molar-refractivity contribution in [2.75, 3.05) is 20.6 Å². The molecule has 0 aliphatic heterocycles. The molecule has 1 amide bonds. The molecule has 9 nitrogen and oxygen atoms in total. The molecular weight excluding hydrogens is 420 g/mol. The van der Waals surface area contributed by atoms with Gasteiger partial charge in [-0.25, -0.2) is 8.42 Å². The summed E-state index contributed by atoms with van der Waals surface area (Å²) in [7, 11) is 1.80. The number of hydrogen-bond acceptors (Lipinski definition) is 5. The lowest BCUT2D eigenvalue weighted by Crippen LogP contribution is -2.40. The smallest absolute Gasteiger partial charge is 0.316 e. The number of benzene rings is 2. The minimum atomic E-state index is -4.00. The number of amides is 1. The van der Waals surface area contributed by atoms with Gasteiger partial charge in [0, 0.05) is 34.7 Å². The van der Waals surface area contributed by atoms with Gasteiger partial charge in [0.25, 0.3) is 0 Å². The molecule has 0 radical (unpaired) electrons. The van der Waals surface area contributed by atoms with Crippen molar-refractivity contribution in [3.63, 3.8) is 0 Å². The van der Waals surface area contributed by atoms with Gasteiger partial charge >= 0.3 is 11.1 Å². The fraction of sp³-hybridized carbons (Fsp3) is 0.286. The summed E-state index contributed by atoms with van der Waals surface area (Å²) < 4.78 is 29.4. The van der Waals surface area contributed by atoms with Crippen LogP contribution in [-0.4, -0.2) is 53.3 Å². The van der Waals surface area contributed by atoms with Crippen molar-refractivity contribution in [2.45, 2.75) is 11.4 Å². The molecule has 2 aromatic carbocycles. The maximum absolute atomic E-state index is 13.0. The molecule has 0 aliphatic rings. The highest BCUT2D eigenvalue weighted by molar-refractivity contribution is 7.89. The van der Waals surface area contributed by atoms with Crippen LogP contribution in [0.25, 0.3) is 11.0 Å². The molecule has 0 N–H and O–H groups in total. The molecule has 164 valence electrons. The highest BCUT2D eigenvalue weighted by Crippen LogP contribution is 2.19. The van der Waals surface area contributed by atoms with E-state index in [2.05, 4.69) is 0 Å². The van der Waals surface area contributed by atoms with E-state index < -0.39 is 21.1 Å². The number of fused-ring (bicyclic) bond motifs is 1. The topological polar surface area (TPSA) is 102 Å². The van der Waals surface area contributed by atoms with Crippen molar-refractivity contribution in [1.29, 1.82) is 0 Å². The second kappa shape index (κ2) is 8.48. The molecule has 1 aromatic heterocycles. The van der Waals surface area contributed by atoms with Gasteiger partial charge in [0.05, 0.1) is 22.5 Å². The number of carbonyl (C=O) groups is 1. The Morgan fingerprint density at radius 2 is 1.48 bits per heavy atom. The van der Waals surface area contributed by atoms with Crippen LogP contribution in [0.4, 0.5) is 0 Å². The number of likely N-dealkylation sites (N-methyl/N-ethyl adjacent to an activating group) is 2. The first kappa shape index (κ1) is 22.4. The minimum Gasteiger partial charge on any atom is -0.340 e. The average Bonchev–Trinajstić information content (AvgIpc) is 2.76. The van der Waals surface area contributed by atoms with Crippen molar-refractivity contribution >= 4 is 27.0 Å². The van der Waals surface area contributed by atoms with Gasteiger partial charge in [0.15, 0.2) is 0 Å². The van der Waals surface area contributed by atoms with E-state index in [0.717, 1.165) is 14.4 Å². The van der Waals surface area contributed by atoms with Crippen molar-refractivity contribution in [3.05, 3.63) is 74.8 Å². The zero-order chi connectivity index (χ0) is 22.9. The summed E-state index contributed by atoms with van der Waals surface area (Å²) in [5.41, 5.74) is 0.205. The van der Waals surface area contributed by atoms with Gasteiger partial charge in [-0.05, 0) is 23.8 Å². The van der Waals surface area contributed by atoms with Gasteiger partial charge in [0.1, 0.15) is 0 Å². The van der Waals surface area contributed by atoms with Crippen LogP contribution >= 0.6 is 0 Å². The van der Waals surface area contributed by atoms with Gasteiger partial charge < -0.3 is 14.0 Å². The first-order valence-corrected chi connectivity index (χ1v) is 10.9. The monoisotopic (exact) mass is 444 g/mol. The predicted octanol–water partition coefficient (Wildman–Crippen LogP) is 0.516. The Labute approximate surface area is 179 Å². The van der Waals surface area contributed by atoms with Gasteiger partial charge in [-0.15, -0.1) is 0 Å². The normalized spacial score (nSPS) is 11.8. The maximum atomic E-state index is 13.0. The molecule has 0 saturated heterocycles. The molecule has 10 heteroatoms. The Morgan fingerprint density at radius 1 is 0.903 bits per heavy atom. The van der Waals surface area contributed by atoms with Crippen molar-refractivity contribution in [2.24, 2.45) is 14.1 Å². The first-order valence-electron chi connectivity index (χ1n) is 9.48. The lowest BCUT2D eigenvalue weighted by Gasteiger charge is -2.22. The van der Waals surface area contributed by atoms with Gasteiger partial charge in [-0.1, -0.05) is 30.3 Å². The van der Waals surface area contributed by atoms with E-state index in [-0.39, 0.29) is 17.3 Å². The zero-order valence-electron chi connectivity index (χ0n) is 17.8. The number of sulfonamides is 1. The Bertz CT molecular complexity index is 1360. The third-order valence-electron chi connectivity index (χ3n) is 5.22. The summed E-state index contributed by atoms with van der Waals surface area (Å²) in [6.45, 7) is 0.0234. The van der Waals surface area contributed by atoms with Crippen LogP contribution in [0.15, 0.2) is 63.0 Å². The summed E-state index contributed by atoms with van der Waals surface area (Å²) in [4.78, 5) is 38.0. The fourth-order valence-corrected chi connectivity index (χ4v) is 4.38. The summed E-state index contributed by atoms with van der Waals surface area (Å²) in [5.74, 6) is -0.356. The summed E-state index contributed by atoms with van der Waals surface area (Å²) >= 11 is 0. The van der Waals surface area contributed by atoms with Gasteiger partial charge in [-0.3, -0.25) is 14.4 Å². The molecule has 0 atom stereocenters. The highest BCUT2D eigenvalue weighted by Gasteiger charge is 2.25. The molecule has 0 aliphatic carbocycles. The molecule has 0 bridgehead atoms. The second-order valence-corrected chi connectivity index (χ2v) is 9.42. The van der Waals surface area contributed by atoms with Crippen molar-refractivity contribution in [3.8, 4) is 0 Å². The second-order valence-electron chi connectivity index (χ2n) is 7.38. The Kier molecular flexibility index (Phi) is 6.14. The lowest BCUT2D eigenvalue weighted by molar-refractivity contribution is -0.130. The molecule has 1 heterocycles. The van der Waals surface area contributed by atoms with Crippen LogP contribution < -0.4 is 11.1 Å². The van der Waals surface area contributed by atoms with Gasteiger partial charge in [-0.2, -0.15) is 4.31 Å². The summed E-state index contributed by atoms with van der Waals surface area (Å²) in [5, 5.41) is 0. The number of nitrogens with zero attached hydrogens (tertiary/aromatic N) is 4. The molecule has 0 unspecified atom stereocenters. The van der Waals surface area contributed by atoms with Crippen LogP contribution in [0.2, 0.25) is 0 Å². The maximum Gasteiger partial charge on any atom is 0.316 e. The Morgan fingerprint density at radius 3 is 2.10 bits per heavy atom. The highest BCUT2D eigenvalue weighted by atomic mass is 32.2. The minimum absolute atomic E-state index is 0.0744. The van der Waals surface area contributed by atoms with E-state index in [1.165, 1.54) is 48.8 Å². The van der Waals surface area contributed by atoms with Crippen molar-refractivity contribution in [1.82, 2.24) is 18.3 Å². The quantitative estimate of drug-likeness (QED) is 0.516. The van der Waals surface area contributed by atoms with E-state index in [1.807, 2.05) is 30.3 Å². The zero-order valence-corrected chi connectivity index (χ0v) is 18.6. The molecule has 0 spiro atoms. The largest absolute Gasteiger partial charge is 0.340 e. The third-order valence-corrected chi connectivity index (χ3v) is 7.02. The van der Waals surface area contributed by atoms with E-state index in [1.54, 1.807) is 7.05 Å². The molecule has 3 aromatic rings. The third kappa shape index (κ3) is 4.30. The summed E-state index contributed by atoms with van der Waals surface area (Å²) in [6, 6.07) is 13.5. The van der Waals surface area contributed by atoms with Gasteiger partial charge in [0.2, 0.25) is 15.9 Å². The Hall–Kier alpha value is -3.24. The molecule has 0 saturated carbocycles. The fourth-order valence-electron chi connectivity index (χ4n) is 3.24.